The van der Waals surface area contributed by atoms with Crippen LogP contribution in [0.5, 0.6) is 11.5 Å². The Labute approximate surface area is 311 Å². The molecule has 0 aromatic heterocycles. The summed E-state index contributed by atoms with van der Waals surface area (Å²) >= 11 is 6.47. The minimum atomic E-state index is -1.20. The van der Waals surface area contributed by atoms with E-state index in [4.69, 9.17) is 21.1 Å². The quantitative estimate of drug-likeness (QED) is 0.195. The average molecular weight is 738 g/mol. The molecule has 10 heteroatoms. The van der Waals surface area contributed by atoms with Crippen molar-refractivity contribution >= 4 is 17.4 Å². The first kappa shape index (κ1) is 37.5. The Kier molecular flexibility index (Phi) is 9.74. The SMILES string of the molecule is COc1ccc(CN(C[C@H](O)CO)C[C@]2(O)CC[C@H]3[C@]45C=C[C@@]6(C=C4C(=O)Cc4c(F)cccc4Cl)CC(O)CC[C@]6(C)[C@H]5CC[C@@]32C)c(OC)c1. The number of carbonyl (C=O) groups excluding carboxylic acids is 1. The van der Waals surface area contributed by atoms with Gasteiger partial charge in [-0.3, -0.25) is 9.69 Å². The van der Waals surface area contributed by atoms with E-state index in [2.05, 4.69) is 32.1 Å². The number of nitrogens with zero attached hydrogens (tertiary/aromatic N) is 1. The van der Waals surface area contributed by atoms with Crippen molar-refractivity contribution in [1.29, 1.82) is 0 Å². The van der Waals surface area contributed by atoms with Gasteiger partial charge in [-0.15, -0.1) is 0 Å². The van der Waals surface area contributed by atoms with Gasteiger partial charge in [0.2, 0.25) is 0 Å². The number of hydrogen-bond donors (Lipinski definition) is 4. The molecule has 2 spiro atoms. The lowest BCUT2D eigenvalue weighted by molar-refractivity contribution is -0.180. The topological polar surface area (TPSA) is 120 Å². The van der Waals surface area contributed by atoms with E-state index < -0.39 is 46.5 Å². The molecule has 3 fully saturated rings. The normalized spacial score (nSPS) is 36.5. The number of carbonyl (C=O) groups is 1. The number of aliphatic hydroxyl groups is 4. The second-order valence-corrected chi connectivity index (χ2v) is 17.2. The van der Waals surface area contributed by atoms with Crippen molar-refractivity contribution in [2.45, 2.75) is 89.6 Å². The number of halogens is 2. The number of fused-ring (bicyclic) bond motifs is 1. The number of ketones is 1. The zero-order valence-corrected chi connectivity index (χ0v) is 31.5. The standard InChI is InChI=1S/C42H53ClFNO7/c1-38-13-10-27(47)20-40(38)16-17-42(31(21-40)34(49)19-30-32(43)6-5-7-33(30)44)36(38)11-14-39(2)37(42)12-15-41(39,50)25-45(23-28(48)24-46)22-26-8-9-29(51-3)18-35(26)52-4/h5-9,16-18,21,27-28,36-37,46-48,50H,10-15,19-20,22-25H2,1-4H3/t27?,28-,36+,37+,38+,39-,40-,41+,42+/m0/s1. The molecule has 0 saturated heterocycles. The van der Waals surface area contributed by atoms with Crippen LogP contribution in [0.15, 0.2) is 60.2 Å². The average Bonchev–Trinajstić information content (AvgIpc) is 3.39. The summed E-state index contributed by atoms with van der Waals surface area (Å²) in [6.07, 6.45) is 9.71. The number of ether oxygens (including phenoxy) is 2. The number of aliphatic hydroxyl groups excluding tert-OH is 3. The smallest absolute Gasteiger partial charge is 0.164 e. The molecule has 0 aliphatic heterocycles. The molecule has 2 aromatic rings. The molecular formula is C42H53ClFNO7. The lowest BCUT2D eigenvalue weighted by atomic mass is 9.32. The highest BCUT2D eigenvalue weighted by atomic mass is 35.5. The van der Waals surface area contributed by atoms with Gasteiger partial charge in [0.25, 0.3) is 0 Å². The molecule has 282 valence electrons. The Morgan fingerprint density at radius 1 is 1.04 bits per heavy atom. The summed E-state index contributed by atoms with van der Waals surface area (Å²) in [5.74, 6) is 0.587. The molecule has 0 amide bonds. The van der Waals surface area contributed by atoms with Crippen molar-refractivity contribution in [2.75, 3.05) is 33.9 Å². The fourth-order valence-corrected chi connectivity index (χ4v) is 12.0. The summed E-state index contributed by atoms with van der Waals surface area (Å²) in [5, 5.41) is 44.8. The van der Waals surface area contributed by atoms with Crippen LogP contribution in [-0.2, 0) is 17.8 Å². The third-order valence-electron chi connectivity index (χ3n) is 14.5. The minimum absolute atomic E-state index is 0.0915. The van der Waals surface area contributed by atoms with E-state index in [-0.39, 0.29) is 53.1 Å². The Morgan fingerprint density at radius 3 is 2.48 bits per heavy atom. The first-order valence-electron chi connectivity index (χ1n) is 18.7. The van der Waals surface area contributed by atoms with Crippen molar-refractivity contribution in [1.82, 2.24) is 4.90 Å². The highest BCUT2D eigenvalue weighted by molar-refractivity contribution is 6.31. The molecule has 6 aliphatic carbocycles. The van der Waals surface area contributed by atoms with E-state index in [1.165, 1.54) is 12.1 Å². The van der Waals surface area contributed by atoms with Crippen LogP contribution in [-0.4, -0.2) is 82.8 Å². The Morgan fingerprint density at radius 2 is 1.77 bits per heavy atom. The van der Waals surface area contributed by atoms with E-state index in [1.807, 2.05) is 17.0 Å². The summed E-state index contributed by atoms with van der Waals surface area (Å²) in [7, 11) is 3.18. The van der Waals surface area contributed by atoms with Gasteiger partial charge < -0.3 is 29.9 Å². The maximum absolute atomic E-state index is 15.1. The molecule has 0 heterocycles. The summed E-state index contributed by atoms with van der Waals surface area (Å²) in [5.41, 5.74) is -1.51. The molecule has 52 heavy (non-hydrogen) atoms. The maximum Gasteiger partial charge on any atom is 0.164 e. The Balaban J connectivity index is 1.28. The van der Waals surface area contributed by atoms with Crippen molar-refractivity contribution < 1.29 is 39.1 Å². The number of methoxy groups -OCH3 is 2. The second-order valence-electron chi connectivity index (χ2n) is 16.8. The molecule has 3 saturated carbocycles. The summed E-state index contributed by atoms with van der Waals surface area (Å²) in [6.45, 7) is 4.81. The maximum atomic E-state index is 15.1. The first-order chi connectivity index (χ1) is 24.7. The van der Waals surface area contributed by atoms with Crippen molar-refractivity contribution in [3.05, 3.63) is 82.2 Å². The van der Waals surface area contributed by atoms with Crippen molar-refractivity contribution in [3.63, 3.8) is 0 Å². The van der Waals surface area contributed by atoms with Crippen LogP contribution in [0.4, 0.5) is 4.39 Å². The molecule has 2 bridgehead atoms. The fraction of sp³-hybridized carbons (Fsp3) is 0.595. The number of Topliss-reactive ketones (excluding diaryl/α,β-unsaturated/α-hetero) is 1. The van der Waals surface area contributed by atoms with Crippen LogP contribution in [0, 0.1) is 39.3 Å². The fourth-order valence-electron chi connectivity index (χ4n) is 11.7. The zero-order chi connectivity index (χ0) is 37.3. The van der Waals surface area contributed by atoms with Crippen LogP contribution >= 0.6 is 11.6 Å². The molecule has 9 atom stereocenters. The number of benzene rings is 2. The van der Waals surface area contributed by atoms with Gasteiger partial charge in [0.05, 0.1) is 38.6 Å². The summed E-state index contributed by atoms with van der Waals surface area (Å²) in [4.78, 5) is 16.7. The van der Waals surface area contributed by atoms with E-state index in [0.717, 1.165) is 24.8 Å². The number of hydrogen-bond acceptors (Lipinski definition) is 8. The number of rotatable bonds is 12. The largest absolute Gasteiger partial charge is 0.497 e. The lowest BCUT2D eigenvalue weighted by Gasteiger charge is -2.71. The molecule has 4 N–H and O–H groups in total. The predicted molar refractivity (Wildman–Crippen MR) is 197 cm³/mol. The Hall–Kier alpha value is -2.79. The lowest BCUT2D eigenvalue weighted by Crippen LogP contribution is -2.67. The van der Waals surface area contributed by atoms with Crippen LogP contribution in [0.3, 0.4) is 0 Å². The molecule has 8 rings (SSSR count). The Bertz CT molecular complexity index is 1760. The number of allylic oxidation sites excluding steroid dienone is 4. The third kappa shape index (κ3) is 5.60. The van der Waals surface area contributed by atoms with Gasteiger partial charge in [-0.1, -0.05) is 55.8 Å². The van der Waals surface area contributed by atoms with Crippen LogP contribution in [0.25, 0.3) is 0 Å². The molecule has 2 aromatic carbocycles. The van der Waals surface area contributed by atoms with Crippen LogP contribution < -0.4 is 9.47 Å². The molecule has 6 aliphatic rings. The summed E-state index contributed by atoms with van der Waals surface area (Å²) in [6, 6.07) is 10.1. The predicted octanol–water partition coefficient (Wildman–Crippen LogP) is 6.05. The van der Waals surface area contributed by atoms with Gasteiger partial charge in [-0.25, -0.2) is 4.39 Å². The first-order valence-corrected chi connectivity index (χ1v) is 19.1. The molecule has 0 radical (unpaired) electrons. The van der Waals surface area contributed by atoms with Gasteiger partial charge in [0.1, 0.15) is 17.3 Å². The molecular weight excluding hydrogens is 685 g/mol. The van der Waals surface area contributed by atoms with E-state index in [9.17, 15) is 25.2 Å². The van der Waals surface area contributed by atoms with E-state index in [0.29, 0.717) is 49.3 Å². The van der Waals surface area contributed by atoms with Crippen molar-refractivity contribution in [3.8, 4) is 11.5 Å². The van der Waals surface area contributed by atoms with Gasteiger partial charge >= 0.3 is 0 Å². The second kappa shape index (κ2) is 13.5. The molecule has 8 nitrogen and oxygen atoms in total. The van der Waals surface area contributed by atoms with Crippen LogP contribution in [0.1, 0.15) is 69.9 Å². The van der Waals surface area contributed by atoms with Crippen molar-refractivity contribution in [2.24, 2.45) is 33.5 Å². The monoisotopic (exact) mass is 737 g/mol. The van der Waals surface area contributed by atoms with E-state index in [1.54, 1.807) is 26.4 Å². The molecule has 1 unspecified atom stereocenters. The van der Waals surface area contributed by atoms with E-state index >= 15 is 4.39 Å². The minimum Gasteiger partial charge on any atom is -0.497 e. The van der Waals surface area contributed by atoms with Gasteiger partial charge in [-0.05, 0) is 80.4 Å². The highest BCUT2D eigenvalue weighted by Crippen LogP contribution is 2.78. The summed E-state index contributed by atoms with van der Waals surface area (Å²) < 4.78 is 26.2. The third-order valence-corrected chi connectivity index (χ3v) is 14.8. The van der Waals surface area contributed by atoms with Gasteiger partial charge in [0.15, 0.2) is 5.78 Å². The highest BCUT2D eigenvalue weighted by Gasteiger charge is 2.74. The van der Waals surface area contributed by atoms with Gasteiger partial charge in [-0.2, -0.15) is 0 Å². The van der Waals surface area contributed by atoms with Crippen LogP contribution in [0.2, 0.25) is 5.02 Å². The van der Waals surface area contributed by atoms with Gasteiger partial charge in [0, 0.05) is 70.1 Å². The zero-order valence-electron chi connectivity index (χ0n) is 30.7.